The number of imide groups is 3. The SMILES string of the molecule is CN(C)c1ccc2c(-c3ccc(C(=O)N4CCC(C(=O)ON5C(=O)CCC5=O)CC4)cc3C(=O)O)c3ccc(=[N+](C)C)cc-3oc2c1.CN(C)c1ccc2c(-c3ccccc3C(=O)N3CCC(C(=O)ON4C(=O)CCC4=O)CC3)c3ccc(=[N+](C)C)cc-3oc2c1.CN1c2cc3c(cc2-c2sccc2C1(C)C)C(c1c(F)c(SCC(=O)ON2C(=O)CCC2=O)cc(F)c1C(=O)O)=c1cc2c(cc1O3)=[N+](C)C(C)(C)c1ccsc1-2. The Bertz CT molecular complexity index is 8100. The Labute approximate surface area is 858 Å². The number of aromatic carboxylic acids is 2. The van der Waals surface area contributed by atoms with E-state index in [0.29, 0.717) is 115 Å². The molecule has 32 nitrogen and oxygen atoms in total. The summed E-state index contributed by atoms with van der Waals surface area (Å²) in [5, 5.41) is 31.2. The number of hydrogen-bond acceptors (Lipinski definition) is 25. The van der Waals surface area contributed by atoms with Crippen LogP contribution in [0.3, 0.4) is 0 Å². The monoisotopic (exact) mass is 2060 g/mol. The molecule has 7 aromatic carbocycles. The standard InChI is InChI=1S/C42H33F2N3O7S3.C35H34N4O8.C34H35N4O6/c1-41(2)23-9-11-55-38(23)19-13-21-28(16-26(19)45(41)5)53-29-17-27-20(39-24(10-12-56-39)42(3,4)46(27)6)14-22(29)34(21)36-35(40(51)52)25(43)15-30(37(36)44)57-18-33(50)54-47-31(48)7-8-32(47)49;1-36(2)22-6-9-25-28(18-22)46-29-19-23(37(3)4)7-10-26(29)32(25)24-8-5-21(17-27(24)34(43)44)33(42)38-15-13-20(14-16-38)35(45)47-39-30(40)11-12-31(39)41;1-35(2)22-9-11-26-28(19-22)43-29-20-23(36(3)4)10-12-27(29)32(26)24-7-5-6-8-25(24)33(41)37-17-15-21(16-18-37)34(42)44-38-30(39)13-14-31(38)40/h9-17H,7-8,18H2,1-6H3;5-10,17-20H,11-16H2,1-4H3;5-12,19-21H,13-18H2,1-4H3/q;;+1/p+2. The molecule has 0 saturated carbocycles. The Hall–Kier alpha value is -15.9. The average Bonchev–Trinajstić information content (AvgIpc) is 1.39. The number of carboxylic acids is 2. The summed E-state index contributed by atoms with van der Waals surface area (Å²) in [7, 11) is 19.6. The third-order valence-electron chi connectivity index (χ3n) is 28.9. The number of carbonyl (C=O) groups is 13. The molecule has 758 valence electrons. The molecule has 37 heteroatoms. The molecule has 2 N–H and O–H groups in total. The molecule has 2 aromatic heterocycles. The first-order valence-corrected chi connectivity index (χ1v) is 50.9. The summed E-state index contributed by atoms with van der Waals surface area (Å²) in [6, 6.07) is 48.3. The van der Waals surface area contributed by atoms with E-state index >= 15 is 8.78 Å². The van der Waals surface area contributed by atoms with Crippen molar-refractivity contribution in [3.05, 3.63) is 246 Å². The average molecular weight is 2060 g/mol. The van der Waals surface area contributed by atoms with Gasteiger partial charge in [-0.3, -0.25) is 38.4 Å². The summed E-state index contributed by atoms with van der Waals surface area (Å²) in [5.74, 6) is -11.2. The van der Waals surface area contributed by atoms with Crippen molar-refractivity contribution in [1.29, 1.82) is 0 Å². The van der Waals surface area contributed by atoms with Crippen LogP contribution < -0.4 is 54.5 Å². The van der Waals surface area contributed by atoms with Crippen LogP contribution in [0.25, 0.3) is 93.3 Å². The summed E-state index contributed by atoms with van der Waals surface area (Å²) in [6.07, 6.45) is 1.20. The first-order chi connectivity index (χ1) is 70.5. The number of likely N-dealkylation sites (tertiary alicyclic amines) is 2. The fraction of sp³-hybridized carbons (Fsp3) is 0.297. The first-order valence-electron chi connectivity index (χ1n) is 48.1. The normalized spacial score (nSPS) is 16.1. The molecule has 12 heterocycles. The zero-order valence-corrected chi connectivity index (χ0v) is 85.9. The maximum Gasteiger partial charge on any atom is 0.343 e. The molecule has 21 rings (SSSR count). The fourth-order valence-electron chi connectivity index (χ4n) is 20.2. The van der Waals surface area contributed by atoms with Crippen molar-refractivity contribution >= 4 is 156 Å². The second kappa shape index (κ2) is 39.5. The highest BCUT2D eigenvalue weighted by Gasteiger charge is 2.46. The highest BCUT2D eigenvalue weighted by molar-refractivity contribution is 8.00. The minimum atomic E-state index is -1.69. The van der Waals surface area contributed by atoms with Crippen molar-refractivity contribution in [2.45, 2.75) is 108 Å². The van der Waals surface area contributed by atoms with E-state index in [2.05, 4.69) is 49.3 Å². The summed E-state index contributed by atoms with van der Waals surface area (Å²) >= 11 is 3.66. The van der Waals surface area contributed by atoms with E-state index in [1.165, 1.54) is 6.07 Å². The summed E-state index contributed by atoms with van der Waals surface area (Å²) in [4.78, 5) is 189. The second-order valence-electron chi connectivity index (χ2n) is 39.3. The number of thioether (sulfide) groups is 1. The van der Waals surface area contributed by atoms with E-state index in [1.807, 2.05) is 222 Å². The summed E-state index contributed by atoms with van der Waals surface area (Å²) in [5.41, 5.74) is 11.4. The van der Waals surface area contributed by atoms with Gasteiger partial charge in [-0.25, -0.2) is 46.5 Å². The molecule has 0 bridgehead atoms. The maximum absolute atomic E-state index is 17.4. The van der Waals surface area contributed by atoms with Crippen LogP contribution in [0.15, 0.2) is 182 Å². The Morgan fingerprint density at radius 1 is 0.507 bits per heavy atom. The number of carboxylic acid groups (broad SMARTS) is 2. The molecule has 5 fully saturated rings. The molecule has 2 aliphatic carbocycles. The topological polar surface area (TPSA) is 361 Å². The number of carbonyl (C=O) groups excluding carboxylic acids is 11. The molecule has 0 spiro atoms. The van der Waals surface area contributed by atoms with Crippen molar-refractivity contribution in [2.24, 2.45) is 11.8 Å². The molecule has 9 aromatic rings. The van der Waals surface area contributed by atoms with Gasteiger partial charge in [0.1, 0.15) is 86.6 Å². The number of piperidine rings is 2. The highest BCUT2D eigenvalue weighted by Crippen LogP contribution is 2.55. The van der Waals surface area contributed by atoms with Gasteiger partial charge >= 0.3 is 29.8 Å². The fourth-order valence-corrected chi connectivity index (χ4v) is 23.1. The van der Waals surface area contributed by atoms with Gasteiger partial charge in [-0.05, 0) is 152 Å². The van der Waals surface area contributed by atoms with Crippen LogP contribution in [0.5, 0.6) is 11.5 Å². The van der Waals surface area contributed by atoms with Crippen LogP contribution in [-0.2, 0) is 68.7 Å². The zero-order valence-electron chi connectivity index (χ0n) is 83.5. The number of hydroxylamine groups is 6. The minimum Gasteiger partial charge on any atom is -0.478 e. The number of hydrogen-bond donors (Lipinski definition) is 2. The van der Waals surface area contributed by atoms with Gasteiger partial charge in [0, 0.05) is 248 Å². The van der Waals surface area contributed by atoms with Gasteiger partial charge in [-0.1, -0.05) is 24.3 Å². The number of benzene rings is 9. The van der Waals surface area contributed by atoms with Gasteiger partial charge in [0.15, 0.2) is 5.54 Å². The molecule has 5 saturated heterocycles. The Balaban J connectivity index is 0.000000141. The summed E-state index contributed by atoms with van der Waals surface area (Å²) < 4.78 is 59.4. The Morgan fingerprint density at radius 2 is 0.993 bits per heavy atom. The lowest BCUT2D eigenvalue weighted by molar-refractivity contribution is -0.201. The third kappa shape index (κ3) is 18.3. The van der Waals surface area contributed by atoms with Gasteiger partial charge in [-0.2, -0.15) is 0 Å². The van der Waals surface area contributed by atoms with E-state index in [9.17, 15) is 72.5 Å². The van der Waals surface area contributed by atoms with Crippen LogP contribution in [0.1, 0.15) is 156 Å². The Kier molecular flexibility index (Phi) is 26.9. The molecule has 0 unspecified atom stereocenters. The van der Waals surface area contributed by atoms with Crippen molar-refractivity contribution in [2.75, 3.05) is 117 Å². The molecular weight excluding hydrogens is 1960 g/mol. The highest BCUT2D eigenvalue weighted by atomic mass is 32.2. The lowest BCUT2D eigenvalue weighted by Crippen LogP contribution is -2.46. The number of rotatable bonds is 17. The number of fused-ring (bicyclic) bond motifs is 12. The maximum atomic E-state index is 17.4. The molecule has 0 radical (unpaired) electrons. The van der Waals surface area contributed by atoms with Crippen molar-refractivity contribution in [3.8, 4) is 77.3 Å². The lowest BCUT2D eigenvalue weighted by atomic mass is 9.82. The molecular formula is C111H104F2N11O21S3+3. The second-order valence-corrected chi connectivity index (χ2v) is 42.2. The molecule has 8 amide bonds. The van der Waals surface area contributed by atoms with Crippen LogP contribution in [-0.4, -0.2) is 215 Å². The smallest absolute Gasteiger partial charge is 0.343 e. The van der Waals surface area contributed by atoms with Crippen LogP contribution in [0.4, 0.5) is 25.8 Å². The van der Waals surface area contributed by atoms with Crippen molar-refractivity contribution in [1.82, 2.24) is 38.7 Å². The van der Waals surface area contributed by atoms with Crippen LogP contribution in [0.2, 0.25) is 0 Å². The zero-order chi connectivity index (χ0) is 105. The van der Waals surface area contributed by atoms with Gasteiger partial charge in [0.05, 0.1) is 57.3 Å². The van der Waals surface area contributed by atoms with Crippen LogP contribution >= 0.6 is 34.4 Å². The molecule has 0 atom stereocenters. The van der Waals surface area contributed by atoms with Gasteiger partial charge < -0.3 is 62.8 Å². The van der Waals surface area contributed by atoms with Gasteiger partial charge in [0.2, 0.25) is 16.1 Å². The van der Waals surface area contributed by atoms with Crippen molar-refractivity contribution in [3.63, 3.8) is 0 Å². The van der Waals surface area contributed by atoms with E-state index in [0.717, 1.165) is 104 Å². The Morgan fingerprint density at radius 3 is 1.50 bits per heavy atom. The number of amides is 8. The number of ether oxygens (including phenoxy) is 1. The van der Waals surface area contributed by atoms with Crippen LogP contribution in [0, 0.1) is 23.5 Å². The third-order valence-corrected chi connectivity index (χ3v) is 31.8. The van der Waals surface area contributed by atoms with E-state index in [-0.39, 0.29) is 97.9 Å². The van der Waals surface area contributed by atoms with Gasteiger partial charge in [-0.15, -0.1) is 49.6 Å². The lowest BCUT2D eigenvalue weighted by Gasteiger charge is -2.43. The van der Waals surface area contributed by atoms with E-state index in [1.54, 1.807) is 44.6 Å². The predicted octanol–water partition coefficient (Wildman–Crippen LogP) is 14.4. The van der Waals surface area contributed by atoms with E-state index in [4.69, 9.17) is 28.1 Å². The van der Waals surface area contributed by atoms with Crippen molar-refractivity contribution < 1.29 is 109 Å². The predicted molar refractivity (Wildman–Crippen MR) is 551 cm³/mol. The first kappa shape index (κ1) is 101. The number of halogens is 2. The number of anilines is 3. The van der Waals surface area contributed by atoms with Gasteiger partial charge in [0.25, 0.3) is 47.3 Å². The molecule has 10 aliphatic heterocycles. The quantitative estimate of drug-likeness (QED) is 0.0370. The summed E-state index contributed by atoms with van der Waals surface area (Å²) in [6.45, 7) is 9.62. The molecule has 12 aliphatic rings. The minimum absolute atomic E-state index is 0.0109. The number of nitrogens with zero attached hydrogens (tertiary/aromatic N) is 11. The van der Waals surface area contributed by atoms with E-state index < -0.39 is 117 Å². The largest absolute Gasteiger partial charge is 0.478 e. The molecule has 148 heavy (non-hydrogen) atoms. The number of thiophene rings is 2.